The van der Waals surface area contributed by atoms with Crippen molar-refractivity contribution in [3.05, 3.63) is 41.9 Å². The van der Waals surface area contributed by atoms with Gasteiger partial charge in [-0.05, 0) is 31.9 Å². The van der Waals surface area contributed by atoms with Gasteiger partial charge in [-0.3, -0.25) is 4.79 Å². The number of hydrogen-bond acceptors (Lipinski definition) is 5. The summed E-state index contributed by atoms with van der Waals surface area (Å²) in [6, 6.07) is 6.57. The lowest BCUT2D eigenvalue weighted by molar-refractivity contribution is -0.153. The summed E-state index contributed by atoms with van der Waals surface area (Å²) in [5, 5.41) is 2.45. The molecule has 0 spiro atoms. The van der Waals surface area contributed by atoms with Crippen molar-refractivity contribution in [2.75, 3.05) is 25.0 Å². The lowest BCUT2D eigenvalue weighted by Gasteiger charge is -2.14. The molecule has 11 heteroatoms. The molecule has 0 atom stereocenters. The Hall–Kier alpha value is -2.53. The van der Waals surface area contributed by atoms with Crippen LogP contribution in [-0.2, 0) is 10.0 Å². The Morgan fingerprint density at radius 1 is 1.24 bits per heavy atom. The molecule has 1 saturated heterocycles. The van der Waals surface area contributed by atoms with Crippen molar-refractivity contribution >= 4 is 21.6 Å². The zero-order valence-electron chi connectivity index (χ0n) is 15.5. The van der Waals surface area contributed by atoms with Gasteiger partial charge in [0, 0.05) is 30.9 Å². The van der Waals surface area contributed by atoms with Crippen molar-refractivity contribution in [2.45, 2.75) is 30.8 Å². The molecule has 0 unspecified atom stereocenters. The number of ether oxygens (including phenoxy) is 1. The van der Waals surface area contributed by atoms with E-state index in [1.54, 1.807) is 0 Å². The van der Waals surface area contributed by atoms with Crippen LogP contribution in [0, 0.1) is 6.92 Å². The van der Waals surface area contributed by atoms with Gasteiger partial charge in [0.15, 0.2) is 12.4 Å². The Kier molecular flexibility index (Phi) is 5.90. The normalized spacial score (nSPS) is 15.4. The van der Waals surface area contributed by atoms with E-state index in [1.165, 1.54) is 35.5 Å². The van der Waals surface area contributed by atoms with Crippen LogP contribution < -0.4 is 10.1 Å². The Morgan fingerprint density at radius 2 is 1.93 bits per heavy atom. The second kappa shape index (κ2) is 8.07. The van der Waals surface area contributed by atoms with Crippen LogP contribution in [-0.4, -0.2) is 44.5 Å². The number of nitrogens with zero attached hydrogens (tertiary/aromatic N) is 1. The molecule has 158 valence electrons. The van der Waals surface area contributed by atoms with Gasteiger partial charge in [0.25, 0.3) is 5.91 Å². The van der Waals surface area contributed by atoms with Gasteiger partial charge >= 0.3 is 6.18 Å². The molecule has 0 bridgehead atoms. The number of nitrogens with one attached hydrogen (secondary N) is 1. The quantitative estimate of drug-likeness (QED) is 0.754. The van der Waals surface area contributed by atoms with E-state index in [9.17, 15) is 26.4 Å². The van der Waals surface area contributed by atoms with Crippen LogP contribution >= 0.6 is 0 Å². The number of furan rings is 1. The fourth-order valence-corrected chi connectivity index (χ4v) is 4.60. The van der Waals surface area contributed by atoms with Crippen LogP contribution in [0.2, 0.25) is 0 Å². The first-order valence-electron chi connectivity index (χ1n) is 8.78. The molecule has 1 N–H and O–H groups in total. The molecule has 0 saturated carbocycles. The van der Waals surface area contributed by atoms with Crippen molar-refractivity contribution in [1.82, 2.24) is 4.31 Å². The number of anilines is 1. The molecule has 2 aromatic rings. The second-order valence-electron chi connectivity index (χ2n) is 6.53. The molecule has 1 aromatic carbocycles. The number of halogens is 3. The van der Waals surface area contributed by atoms with E-state index in [1.807, 2.05) is 0 Å². The summed E-state index contributed by atoms with van der Waals surface area (Å²) in [6.45, 7) is 0.823. The van der Waals surface area contributed by atoms with Crippen molar-refractivity contribution in [3.8, 4) is 5.75 Å². The summed E-state index contributed by atoms with van der Waals surface area (Å²) in [5.41, 5.74) is 0.174. The fourth-order valence-electron chi connectivity index (χ4n) is 2.92. The molecule has 0 aliphatic carbocycles. The monoisotopic (exact) mass is 432 g/mol. The highest BCUT2D eigenvalue weighted by Gasteiger charge is 2.32. The predicted molar refractivity (Wildman–Crippen MR) is 97.4 cm³/mol. The Morgan fingerprint density at radius 3 is 2.59 bits per heavy atom. The lowest BCUT2D eigenvalue weighted by atomic mass is 10.3. The molecule has 0 radical (unpaired) electrons. The molecule has 29 heavy (non-hydrogen) atoms. The smallest absolute Gasteiger partial charge is 0.422 e. The molecule has 1 aromatic heterocycles. The van der Waals surface area contributed by atoms with E-state index in [2.05, 4.69) is 10.1 Å². The largest absolute Gasteiger partial charge is 0.484 e. The molecular weight excluding hydrogens is 413 g/mol. The number of hydrogen-bond donors (Lipinski definition) is 1. The molecule has 2 heterocycles. The summed E-state index contributed by atoms with van der Waals surface area (Å²) in [6.07, 6.45) is -2.94. The average Bonchev–Trinajstić information content (AvgIpc) is 3.30. The summed E-state index contributed by atoms with van der Waals surface area (Å²) < 4.78 is 73.4. The summed E-state index contributed by atoms with van der Waals surface area (Å²) in [4.78, 5) is 12.3. The van der Waals surface area contributed by atoms with Gasteiger partial charge in [-0.2, -0.15) is 17.5 Å². The van der Waals surface area contributed by atoms with E-state index < -0.39 is 28.7 Å². The van der Waals surface area contributed by atoms with Crippen LogP contribution in [0.5, 0.6) is 5.75 Å². The highest BCUT2D eigenvalue weighted by Crippen LogP contribution is 2.27. The minimum atomic E-state index is -4.48. The van der Waals surface area contributed by atoms with Crippen molar-refractivity contribution in [1.29, 1.82) is 0 Å². The Labute approximate surface area is 165 Å². The zero-order valence-corrected chi connectivity index (χ0v) is 16.3. The summed E-state index contributed by atoms with van der Waals surface area (Å²) >= 11 is 0. The van der Waals surface area contributed by atoms with Crippen LogP contribution in [0.15, 0.2) is 39.6 Å². The zero-order chi connectivity index (χ0) is 21.2. The van der Waals surface area contributed by atoms with Gasteiger partial charge in [-0.25, -0.2) is 8.42 Å². The topological polar surface area (TPSA) is 88.8 Å². The van der Waals surface area contributed by atoms with Crippen LogP contribution in [0.3, 0.4) is 0 Å². The molecule has 7 nitrogen and oxygen atoms in total. The fraction of sp³-hybridized carbons (Fsp3) is 0.389. The number of carbonyl (C=O) groups is 1. The standard InChI is InChI=1S/C18H19F3N2O5S/c1-12-16(29(25,26)23-7-2-3-8-23)10-15(28-12)17(24)22-13-5-4-6-14(9-13)27-11-18(19,20)21/h4-6,9-10H,2-3,7-8,11H2,1H3,(H,22,24). The minimum Gasteiger partial charge on any atom is -0.484 e. The predicted octanol–water partition coefficient (Wildman–Crippen LogP) is 3.57. The number of alkyl halides is 3. The van der Waals surface area contributed by atoms with Gasteiger partial charge < -0.3 is 14.5 Å². The maximum atomic E-state index is 12.7. The van der Waals surface area contributed by atoms with E-state index in [4.69, 9.17) is 4.42 Å². The van der Waals surface area contributed by atoms with Gasteiger partial charge in [0.2, 0.25) is 10.0 Å². The summed E-state index contributed by atoms with van der Waals surface area (Å²) in [7, 11) is -3.75. The van der Waals surface area contributed by atoms with Crippen LogP contribution in [0.1, 0.15) is 29.2 Å². The molecule has 3 rings (SSSR count). The number of sulfonamides is 1. The third kappa shape index (κ3) is 5.10. The number of aryl methyl sites for hydroxylation is 1. The van der Waals surface area contributed by atoms with E-state index >= 15 is 0 Å². The first-order chi connectivity index (χ1) is 13.6. The third-order valence-corrected chi connectivity index (χ3v) is 6.28. The Balaban J connectivity index is 1.73. The molecule has 1 aliphatic heterocycles. The third-order valence-electron chi connectivity index (χ3n) is 4.27. The molecule has 1 amide bonds. The van der Waals surface area contributed by atoms with Crippen molar-refractivity contribution < 1.29 is 35.5 Å². The van der Waals surface area contributed by atoms with E-state index in [-0.39, 0.29) is 27.9 Å². The molecular formula is C18H19F3N2O5S. The molecule has 1 fully saturated rings. The van der Waals surface area contributed by atoms with E-state index in [0.29, 0.717) is 13.1 Å². The number of carbonyl (C=O) groups excluding carboxylic acids is 1. The van der Waals surface area contributed by atoms with Gasteiger partial charge in [0.05, 0.1) is 0 Å². The maximum Gasteiger partial charge on any atom is 0.422 e. The highest BCUT2D eigenvalue weighted by atomic mass is 32.2. The first-order valence-corrected chi connectivity index (χ1v) is 10.2. The number of benzene rings is 1. The first kappa shape index (κ1) is 21.2. The van der Waals surface area contributed by atoms with Crippen molar-refractivity contribution in [2.24, 2.45) is 0 Å². The van der Waals surface area contributed by atoms with Crippen LogP contribution in [0.4, 0.5) is 18.9 Å². The SMILES string of the molecule is Cc1oc(C(=O)Nc2cccc(OCC(F)(F)F)c2)cc1S(=O)(=O)N1CCCC1. The molecule has 1 aliphatic rings. The van der Waals surface area contributed by atoms with E-state index in [0.717, 1.165) is 18.9 Å². The van der Waals surface area contributed by atoms with Gasteiger partial charge in [-0.1, -0.05) is 6.07 Å². The van der Waals surface area contributed by atoms with Gasteiger partial charge in [-0.15, -0.1) is 0 Å². The maximum absolute atomic E-state index is 12.7. The average molecular weight is 432 g/mol. The van der Waals surface area contributed by atoms with Gasteiger partial charge in [0.1, 0.15) is 16.4 Å². The highest BCUT2D eigenvalue weighted by molar-refractivity contribution is 7.89. The Bertz CT molecular complexity index is 995. The second-order valence-corrected chi connectivity index (χ2v) is 8.43. The minimum absolute atomic E-state index is 0.0759. The number of amides is 1. The van der Waals surface area contributed by atoms with Crippen molar-refractivity contribution in [3.63, 3.8) is 0 Å². The summed E-state index contributed by atoms with van der Waals surface area (Å²) in [5.74, 6) is -0.941. The lowest BCUT2D eigenvalue weighted by Crippen LogP contribution is -2.28. The van der Waals surface area contributed by atoms with Crippen LogP contribution in [0.25, 0.3) is 0 Å². The number of rotatable bonds is 6.